The second kappa shape index (κ2) is 3.90. The lowest BCUT2D eigenvalue weighted by Gasteiger charge is -2.12. The molecule has 1 atom stereocenters. The molecule has 4 nitrogen and oxygen atoms in total. The van der Waals surface area contributed by atoms with Gasteiger partial charge in [0, 0.05) is 18.8 Å². The lowest BCUT2D eigenvalue weighted by molar-refractivity contribution is 0.586. The highest BCUT2D eigenvalue weighted by atomic mass is 32.1. The van der Waals surface area contributed by atoms with Gasteiger partial charge in [-0.3, -0.25) is 10.2 Å². The van der Waals surface area contributed by atoms with Crippen LogP contribution in [0.1, 0.15) is 30.1 Å². The van der Waals surface area contributed by atoms with Gasteiger partial charge in [-0.2, -0.15) is 0 Å². The molecule has 3 rings (SSSR count). The summed E-state index contributed by atoms with van der Waals surface area (Å²) < 4.78 is 0.540. The molecular weight excluding hydrogens is 220 g/mol. The summed E-state index contributed by atoms with van der Waals surface area (Å²) in [5.41, 5.74) is 1.38. The van der Waals surface area contributed by atoms with E-state index in [1.165, 1.54) is 18.4 Å². The first kappa shape index (κ1) is 9.84. The quantitative estimate of drug-likeness (QED) is 0.712. The Hall–Kier alpha value is -1.36. The van der Waals surface area contributed by atoms with Crippen LogP contribution in [0.25, 0.3) is 0 Å². The number of nitrogens with one attached hydrogen (secondary N) is 3. The van der Waals surface area contributed by atoms with Crippen molar-refractivity contribution in [1.82, 2.24) is 20.2 Å². The van der Waals surface area contributed by atoms with Gasteiger partial charge in [0.1, 0.15) is 5.82 Å². The predicted octanol–water partition coefficient (Wildman–Crippen LogP) is 2.53. The average Bonchev–Trinajstić information content (AvgIpc) is 2.80. The molecule has 84 valence electrons. The van der Waals surface area contributed by atoms with Crippen LogP contribution in [0.4, 0.5) is 0 Å². The van der Waals surface area contributed by atoms with Gasteiger partial charge < -0.3 is 4.98 Å². The smallest absolute Gasteiger partial charge is 0.213 e. The van der Waals surface area contributed by atoms with Crippen LogP contribution in [0, 0.1) is 10.7 Å². The Bertz CT molecular complexity index is 506. The van der Waals surface area contributed by atoms with E-state index in [4.69, 9.17) is 12.2 Å². The molecule has 0 aliphatic heterocycles. The van der Waals surface area contributed by atoms with Crippen molar-refractivity contribution in [2.45, 2.75) is 25.2 Å². The Morgan fingerprint density at radius 2 is 2.31 bits per heavy atom. The Morgan fingerprint density at radius 1 is 1.44 bits per heavy atom. The molecule has 1 unspecified atom stereocenters. The Kier molecular flexibility index (Phi) is 2.40. The van der Waals surface area contributed by atoms with Crippen LogP contribution < -0.4 is 0 Å². The number of nitrogens with zero attached hydrogens (tertiary/aromatic N) is 1. The molecule has 5 heteroatoms. The molecule has 0 amide bonds. The van der Waals surface area contributed by atoms with Crippen LogP contribution in [0.3, 0.4) is 0 Å². The Balaban J connectivity index is 1.82. The van der Waals surface area contributed by atoms with Crippen molar-refractivity contribution < 1.29 is 0 Å². The van der Waals surface area contributed by atoms with E-state index in [-0.39, 0.29) is 0 Å². The van der Waals surface area contributed by atoms with Gasteiger partial charge >= 0.3 is 0 Å². The summed E-state index contributed by atoms with van der Waals surface area (Å²) in [4.78, 5) is 7.39. The van der Waals surface area contributed by atoms with E-state index in [2.05, 4.69) is 32.4 Å². The number of H-pyrrole nitrogens is 3. The highest BCUT2D eigenvalue weighted by molar-refractivity contribution is 7.71. The Labute approximate surface area is 98.5 Å². The van der Waals surface area contributed by atoms with Gasteiger partial charge in [-0.05, 0) is 48.5 Å². The molecular formula is C11H14N4S. The van der Waals surface area contributed by atoms with E-state index in [9.17, 15) is 0 Å². The number of hydrogen-bond acceptors (Lipinski definition) is 2. The fourth-order valence-electron chi connectivity index (χ4n) is 2.23. The minimum atomic E-state index is 0.540. The average molecular weight is 234 g/mol. The molecule has 2 aromatic heterocycles. The van der Waals surface area contributed by atoms with Crippen LogP contribution in [-0.2, 0) is 6.42 Å². The van der Waals surface area contributed by atoms with Crippen molar-refractivity contribution >= 4 is 12.2 Å². The minimum Gasteiger partial charge on any atom is -0.367 e. The summed E-state index contributed by atoms with van der Waals surface area (Å²) in [5.74, 6) is 2.35. The summed E-state index contributed by atoms with van der Waals surface area (Å²) in [6.07, 6.45) is 7.68. The third-order valence-electron chi connectivity index (χ3n) is 3.20. The van der Waals surface area contributed by atoms with E-state index >= 15 is 0 Å². The fraction of sp³-hybridized carbons (Fsp3) is 0.455. The molecule has 3 N–H and O–H groups in total. The van der Waals surface area contributed by atoms with Crippen molar-refractivity contribution in [3.8, 4) is 0 Å². The maximum Gasteiger partial charge on any atom is 0.213 e. The van der Waals surface area contributed by atoms with Crippen molar-refractivity contribution in [3.05, 3.63) is 34.6 Å². The highest BCUT2D eigenvalue weighted by Gasteiger charge is 2.33. The molecule has 0 spiro atoms. The standard InChI is InChI=1S/C11H14N4S/c16-11-13-10(14-15-11)5-9(7-1-2-7)8-3-4-12-6-8/h3-4,6-7,9,12H,1-2,5H2,(H2,13,14,15,16). The molecule has 1 fully saturated rings. The molecule has 2 heterocycles. The number of aromatic nitrogens is 4. The predicted molar refractivity (Wildman–Crippen MR) is 63.7 cm³/mol. The Morgan fingerprint density at radius 3 is 2.88 bits per heavy atom. The van der Waals surface area contributed by atoms with Crippen LogP contribution in [-0.4, -0.2) is 20.2 Å². The van der Waals surface area contributed by atoms with Gasteiger partial charge in [-0.25, -0.2) is 4.98 Å². The maximum absolute atomic E-state index is 4.96. The molecule has 0 radical (unpaired) electrons. The van der Waals surface area contributed by atoms with E-state index in [0.29, 0.717) is 10.7 Å². The lowest BCUT2D eigenvalue weighted by Crippen LogP contribution is -2.05. The first-order valence-corrected chi connectivity index (χ1v) is 6.00. The molecule has 1 saturated carbocycles. The SMILES string of the molecule is S=c1nc(CC(c2cc[nH]c2)C2CC2)[nH][nH]1. The normalized spacial score (nSPS) is 17.5. The molecule has 16 heavy (non-hydrogen) atoms. The zero-order chi connectivity index (χ0) is 11.0. The summed E-state index contributed by atoms with van der Waals surface area (Å²) in [6, 6.07) is 2.16. The van der Waals surface area contributed by atoms with Gasteiger partial charge in [-0.1, -0.05) is 0 Å². The first-order chi connectivity index (χ1) is 7.83. The van der Waals surface area contributed by atoms with Crippen molar-refractivity contribution in [3.63, 3.8) is 0 Å². The lowest BCUT2D eigenvalue weighted by atomic mass is 9.93. The number of aromatic amines is 3. The second-order valence-corrected chi connectivity index (χ2v) is 4.79. The first-order valence-electron chi connectivity index (χ1n) is 5.59. The van der Waals surface area contributed by atoms with E-state index in [0.717, 1.165) is 18.2 Å². The number of rotatable bonds is 4. The molecule has 0 bridgehead atoms. The van der Waals surface area contributed by atoms with Gasteiger partial charge in [0.2, 0.25) is 4.77 Å². The molecule has 1 aliphatic carbocycles. The summed E-state index contributed by atoms with van der Waals surface area (Å²) in [5, 5.41) is 5.88. The van der Waals surface area contributed by atoms with Crippen LogP contribution >= 0.6 is 12.2 Å². The maximum atomic E-state index is 4.96. The summed E-state index contributed by atoms with van der Waals surface area (Å²) in [7, 11) is 0. The van der Waals surface area contributed by atoms with Gasteiger partial charge in [0.15, 0.2) is 0 Å². The van der Waals surface area contributed by atoms with E-state index in [1.54, 1.807) is 0 Å². The topological polar surface area (TPSA) is 60.3 Å². The van der Waals surface area contributed by atoms with Gasteiger partial charge in [-0.15, -0.1) is 0 Å². The molecule has 1 aliphatic rings. The molecule has 0 aromatic carbocycles. The van der Waals surface area contributed by atoms with Crippen LogP contribution in [0.2, 0.25) is 0 Å². The minimum absolute atomic E-state index is 0.540. The highest BCUT2D eigenvalue weighted by Crippen LogP contribution is 2.43. The zero-order valence-electron chi connectivity index (χ0n) is 8.86. The van der Waals surface area contributed by atoms with Gasteiger partial charge in [0.25, 0.3) is 0 Å². The van der Waals surface area contributed by atoms with Crippen molar-refractivity contribution in [2.75, 3.05) is 0 Å². The molecule has 2 aromatic rings. The van der Waals surface area contributed by atoms with Crippen molar-refractivity contribution in [1.29, 1.82) is 0 Å². The van der Waals surface area contributed by atoms with E-state index < -0.39 is 0 Å². The third-order valence-corrected chi connectivity index (χ3v) is 3.40. The number of hydrogen-bond donors (Lipinski definition) is 3. The second-order valence-electron chi connectivity index (χ2n) is 4.41. The zero-order valence-corrected chi connectivity index (χ0v) is 9.68. The summed E-state index contributed by atoms with van der Waals surface area (Å²) >= 11 is 4.96. The van der Waals surface area contributed by atoms with Crippen LogP contribution in [0.5, 0.6) is 0 Å². The third kappa shape index (κ3) is 1.95. The fourth-order valence-corrected chi connectivity index (χ4v) is 2.39. The van der Waals surface area contributed by atoms with E-state index in [1.807, 2.05) is 6.20 Å². The largest absolute Gasteiger partial charge is 0.367 e. The molecule has 0 saturated heterocycles. The monoisotopic (exact) mass is 234 g/mol. The summed E-state index contributed by atoms with van der Waals surface area (Å²) in [6.45, 7) is 0. The van der Waals surface area contributed by atoms with Gasteiger partial charge in [0.05, 0.1) is 0 Å². The van der Waals surface area contributed by atoms with Crippen LogP contribution in [0.15, 0.2) is 18.5 Å². The van der Waals surface area contributed by atoms with Crippen molar-refractivity contribution in [2.24, 2.45) is 5.92 Å².